The van der Waals surface area contributed by atoms with E-state index >= 15 is 0 Å². The zero-order chi connectivity index (χ0) is 21.9. The van der Waals surface area contributed by atoms with Crippen LogP contribution >= 0.6 is 11.6 Å². The van der Waals surface area contributed by atoms with Gasteiger partial charge in [0.25, 0.3) is 0 Å². The number of fused-ring (bicyclic) bond motifs is 3. The Morgan fingerprint density at radius 1 is 1.16 bits per heavy atom. The number of nitrogens with zero attached hydrogens (tertiary/aromatic N) is 5. The first-order chi connectivity index (χ1) is 15.5. The number of hydrogen-bond donors (Lipinski definition) is 2. The van der Waals surface area contributed by atoms with E-state index in [1.807, 2.05) is 0 Å². The van der Waals surface area contributed by atoms with Crippen molar-refractivity contribution in [3.63, 3.8) is 0 Å². The summed E-state index contributed by atoms with van der Waals surface area (Å²) >= 11 is 5.95. The number of aliphatic hydroxyl groups excluding tert-OH is 1. The summed E-state index contributed by atoms with van der Waals surface area (Å²) in [5.41, 5.74) is 0.556. The van der Waals surface area contributed by atoms with Gasteiger partial charge in [-0.3, -0.25) is 4.21 Å². The molecule has 32 heavy (non-hydrogen) atoms. The van der Waals surface area contributed by atoms with Crippen molar-refractivity contribution in [2.45, 2.75) is 79.8 Å². The van der Waals surface area contributed by atoms with E-state index in [0.717, 1.165) is 73.7 Å². The van der Waals surface area contributed by atoms with Gasteiger partial charge in [-0.1, -0.05) is 11.6 Å². The van der Waals surface area contributed by atoms with Gasteiger partial charge >= 0.3 is 0 Å². The van der Waals surface area contributed by atoms with E-state index in [-0.39, 0.29) is 12.1 Å². The molecule has 2 aromatic heterocycles. The van der Waals surface area contributed by atoms with Crippen LogP contribution in [0.4, 0.5) is 11.8 Å². The van der Waals surface area contributed by atoms with Crippen LogP contribution < -0.4 is 10.2 Å². The average molecular weight is 475 g/mol. The maximum absolute atomic E-state index is 12.9. The maximum atomic E-state index is 12.9. The second-order valence-corrected chi connectivity index (χ2v) is 11.5. The molecule has 2 aliphatic carbocycles. The van der Waals surface area contributed by atoms with E-state index in [9.17, 15) is 9.32 Å². The van der Waals surface area contributed by atoms with Crippen molar-refractivity contribution in [2.75, 3.05) is 22.6 Å². The Morgan fingerprint density at radius 3 is 2.56 bits per heavy atom. The smallest absolute Gasteiger partial charge is 0.228 e. The largest absolute Gasteiger partial charge is 0.394 e. The monoisotopic (exact) mass is 474 g/mol. The van der Waals surface area contributed by atoms with Crippen molar-refractivity contribution >= 4 is 34.2 Å². The molecule has 2 saturated heterocycles. The molecule has 8 nitrogen and oxygen atoms in total. The average Bonchev–Trinajstić information content (AvgIpc) is 2.76. The minimum absolute atomic E-state index is 0.0610. The summed E-state index contributed by atoms with van der Waals surface area (Å²) in [6.45, 7) is 0.0610. The van der Waals surface area contributed by atoms with Gasteiger partial charge in [-0.2, -0.15) is 4.98 Å². The van der Waals surface area contributed by atoms with Crippen molar-refractivity contribution in [3.05, 3.63) is 28.9 Å². The van der Waals surface area contributed by atoms with Crippen LogP contribution in [0.3, 0.4) is 0 Å². The molecule has 0 aromatic carbocycles. The summed E-state index contributed by atoms with van der Waals surface area (Å²) in [6, 6.07) is 0.710. The molecule has 5 aliphatic rings. The van der Waals surface area contributed by atoms with E-state index in [1.54, 1.807) is 12.4 Å². The highest BCUT2D eigenvalue weighted by molar-refractivity contribution is 7.85. The summed E-state index contributed by atoms with van der Waals surface area (Å²) in [5.74, 6) is 3.23. The van der Waals surface area contributed by atoms with Crippen LogP contribution in [0.5, 0.6) is 0 Å². The van der Waals surface area contributed by atoms with Crippen molar-refractivity contribution < 1.29 is 9.32 Å². The molecule has 2 N–H and O–H groups in total. The molecule has 2 saturated carbocycles. The van der Waals surface area contributed by atoms with Gasteiger partial charge in [0.1, 0.15) is 16.5 Å². The molecule has 5 heterocycles. The van der Waals surface area contributed by atoms with Gasteiger partial charge < -0.3 is 15.3 Å². The highest BCUT2D eigenvalue weighted by Gasteiger charge is 2.48. The topological polar surface area (TPSA) is 104 Å². The van der Waals surface area contributed by atoms with Crippen molar-refractivity contribution in [3.8, 4) is 0 Å². The number of piperidine rings is 1. The van der Waals surface area contributed by atoms with Gasteiger partial charge in [-0.15, -0.1) is 0 Å². The molecule has 2 bridgehead atoms. The second kappa shape index (κ2) is 7.88. The molecule has 0 spiro atoms. The Labute approximate surface area is 194 Å². The van der Waals surface area contributed by atoms with E-state index in [2.05, 4.69) is 20.2 Å². The molecule has 3 atom stereocenters. The summed E-state index contributed by atoms with van der Waals surface area (Å²) in [6.07, 6.45) is 11.0. The number of rotatable bonds is 5. The summed E-state index contributed by atoms with van der Waals surface area (Å²) in [4.78, 5) is 21.8. The van der Waals surface area contributed by atoms with Crippen molar-refractivity contribution in [2.24, 2.45) is 0 Å². The molecule has 3 unspecified atom stereocenters. The van der Waals surface area contributed by atoms with Crippen LogP contribution in [-0.4, -0.2) is 59.2 Å². The van der Waals surface area contributed by atoms with E-state index in [1.165, 1.54) is 0 Å². The molecule has 0 amide bonds. The number of halogens is 1. The SMILES string of the molecule is O=S1CCCc2nc(N3C4CC(c5ncc(Cl)cn5)CC3C4)nc(NC3(CO)CCC3)c21. The van der Waals surface area contributed by atoms with Gasteiger partial charge in [-0.05, 0) is 51.4 Å². The van der Waals surface area contributed by atoms with Gasteiger partial charge in [0.05, 0.1) is 33.7 Å². The first kappa shape index (κ1) is 20.7. The van der Waals surface area contributed by atoms with E-state index in [4.69, 9.17) is 21.6 Å². The Kier molecular flexibility index (Phi) is 5.11. The normalized spacial score (nSPS) is 30.1. The zero-order valence-electron chi connectivity index (χ0n) is 17.8. The van der Waals surface area contributed by atoms with Crippen molar-refractivity contribution in [1.29, 1.82) is 0 Å². The number of hydrogen-bond acceptors (Lipinski definition) is 8. The van der Waals surface area contributed by atoms with Gasteiger partial charge in [0.2, 0.25) is 5.95 Å². The fourth-order valence-corrected chi connectivity index (χ4v) is 7.12. The molecule has 7 rings (SSSR count). The number of aliphatic hydroxyl groups is 1. The number of nitrogens with one attached hydrogen (secondary N) is 1. The first-order valence-electron chi connectivity index (χ1n) is 11.5. The minimum Gasteiger partial charge on any atom is -0.394 e. The summed E-state index contributed by atoms with van der Waals surface area (Å²) in [5, 5.41) is 14.0. The van der Waals surface area contributed by atoms with Crippen LogP contribution in [-0.2, 0) is 17.2 Å². The highest BCUT2D eigenvalue weighted by atomic mass is 35.5. The van der Waals surface area contributed by atoms with Crippen molar-refractivity contribution in [1.82, 2.24) is 19.9 Å². The lowest BCUT2D eigenvalue weighted by molar-refractivity contribution is 0.143. The molecular weight excluding hydrogens is 448 g/mol. The number of aryl methyl sites for hydroxylation is 1. The molecule has 10 heteroatoms. The predicted octanol–water partition coefficient (Wildman–Crippen LogP) is 2.83. The van der Waals surface area contributed by atoms with Gasteiger partial charge in [0.15, 0.2) is 0 Å². The zero-order valence-corrected chi connectivity index (χ0v) is 19.4. The third-order valence-electron chi connectivity index (χ3n) is 7.57. The molecule has 0 radical (unpaired) electrons. The Morgan fingerprint density at radius 2 is 1.91 bits per heavy atom. The lowest BCUT2D eigenvalue weighted by Gasteiger charge is -2.55. The Balaban J connectivity index is 1.29. The Bertz CT molecular complexity index is 1050. The van der Waals surface area contributed by atoms with Crippen LogP contribution in [0.25, 0.3) is 0 Å². The third-order valence-corrected chi connectivity index (χ3v) is 9.31. The standard InChI is InChI=1S/C22H27ClN6O2S/c23-14-10-24-19(25-11-14)13-7-15-9-16(8-13)29(15)21-26-17-3-1-6-32(31)18(17)20(27-21)28-22(12-30)4-2-5-22/h10-11,13,15-16,30H,1-9,12H2,(H,26,27,28). The molecule has 170 valence electrons. The Hall–Kier alpha value is -1.84. The number of anilines is 2. The van der Waals surface area contributed by atoms with E-state index < -0.39 is 10.8 Å². The number of aromatic nitrogens is 4. The van der Waals surface area contributed by atoms with E-state index in [0.29, 0.717) is 34.6 Å². The fourth-order valence-electron chi connectivity index (χ4n) is 5.69. The first-order valence-corrected chi connectivity index (χ1v) is 13.2. The van der Waals surface area contributed by atoms with Crippen LogP contribution in [0.1, 0.15) is 62.4 Å². The summed E-state index contributed by atoms with van der Waals surface area (Å²) < 4.78 is 12.9. The second-order valence-electron chi connectivity index (χ2n) is 9.60. The third kappa shape index (κ3) is 3.40. The molecular formula is C22H27ClN6O2S. The maximum Gasteiger partial charge on any atom is 0.228 e. The predicted molar refractivity (Wildman–Crippen MR) is 123 cm³/mol. The quantitative estimate of drug-likeness (QED) is 0.681. The molecule has 3 aliphatic heterocycles. The van der Waals surface area contributed by atoms with Crippen LogP contribution in [0, 0.1) is 0 Å². The van der Waals surface area contributed by atoms with Gasteiger partial charge in [0, 0.05) is 36.1 Å². The summed E-state index contributed by atoms with van der Waals surface area (Å²) in [7, 11) is -1.10. The lowest BCUT2D eigenvalue weighted by Crippen LogP contribution is -2.61. The highest BCUT2D eigenvalue weighted by Crippen LogP contribution is 2.47. The lowest BCUT2D eigenvalue weighted by atomic mass is 9.73. The molecule has 4 fully saturated rings. The molecule has 2 aromatic rings. The van der Waals surface area contributed by atoms with Crippen LogP contribution in [0.15, 0.2) is 17.3 Å². The van der Waals surface area contributed by atoms with Crippen LogP contribution in [0.2, 0.25) is 5.02 Å². The van der Waals surface area contributed by atoms with Gasteiger partial charge in [-0.25, -0.2) is 15.0 Å². The minimum atomic E-state index is -1.10. The fraction of sp³-hybridized carbons (Fsp3) is 0.636.